The van der Waals surface area contributed by atoms with Gasteiger partial charge in [-0.05, 0) is 18.9 Å². The van der Waals surface area contributed by atoms with E-state index in [4.69, 9.17) is 10.9 Å². The minimum absolute atomic E-state index is 0.0526. The fourth-order valence-corrected chi connectivity index (χ4v) is 1.88. The molecule has 1 rings (SSSR count). The number of amides is 1. The number of benzene rings is 1. The van der Waals surface area contributed by atoms with Crippen molar-refractivity contribution >= 4 is 11.7 Å². The Kier molecular flexibility index (Phi) is 5.85. The molecular weight excluding hydrogens is 242 g/mol. The quantitative estimate of drug-likeness (QED) is 0.315. The monoisotopic (exact) mass is 263 g/mol. The fraction of sp³-hybridized carbons (Fsp3) is 0.429. The van der Waals surface area contributed by atoms with Gasteiger partial charge in [0.1, 0.15) is 5.84 Å². The summed E-state index contributed by atoms with van der Waals surface area (Å²) in [5.74, 6) is 0.0749. The van der Waals surface area contributed by atoms with E-state index in [-0.39, 0.29) is 17.8 Å². The van der Waals surface area contributed by atoms with Crippen molar-refractivity contribution in [1.29, 1.82) is 0 Å². The van der Waals surface area contributed by atoms with Crippen molar-refractivity contribution < 1.29 is 10.0 Å². The number of oxime groups is 1. The summed E-state index contributed by atoms with van der Waals surface area (Å²) < 4.78 is 0. The van der Waals surface area contributed by atoms with E-state index in [0.717, 1.165) is 17.5 Å². The second kappa shape index (κ2) is 7.41. The number of amidine groups is 1. The van der Waals surface area contributed by atoms with E-state index >= 15 is 0 Å². The molecule has 0 saturated heterocycles. The van der Waals surface area contributed by atoms with Gasteiger partial charge >= 0.3 is 0 Å². The van der Waals surface area contributed by atoms with Gasteiger partial charge in [0.15, 0.2) is 0 Å². The highest BCUT2D eigenvalue weighted by Gasteiger charge is 2.12. The topological polar surface area (TPSA) is 87.7 Å². The number of aryl methyl sites for hydroxylation is 1. The van der Waals surface area contributed by atoms with Gasteiger partial charge in [-0.3, -0.25) is 4.79 Å². The van der Waals surface area contributed by atoms with Crippen LogP contribution in [-0.4, -0.2) is 23.0 Å². The number of nitrogens with two attached hydrogens (primary N) is 1. The molecule has 5 nitrogen and oxygen atoms in total. The Bertz CT molecular complexity index is 458. The highest BCUT2D eigenvalue weighted by atomic mass is 16.4. The molecule has 0 bridgehead atoms. The lowest BCUT2D eigenvalue weighted by atomic mass is 10.1. The van der Waals surface area contributed by atoms with E-state index in [1.165, 1.54) is 0 Å². The van der Waals surface area contributed by atoms with Crippen LogP contribution in [0.2, 0.25) is 0 Å². The van der Waals surface area contributed by atoms with Crippen LogP contribution in [0.25, 0.3) is 0 Å². The Labute approximate surface area is 113 Å². The molecule has 1 aromatic carbocycles. The van der Waals surface area contributed by atoms with Gasteiger partial charge in [-0.25, -0.2) is 0 Å². The third kappa shape index (κ3) is 5.42. The van der Waals surface area contributed by atoms with Gasteiger partial charge in [-0.15, -0.1) is 0 Å². The van der Waals surface area contributed by atoms with Crippen molar-refractivity contribution in [3.8, 4) is 0 Å². The van der Waals surface area contributed by atoms with Gasteiger partial charge in [0.05, 0.1) is 6.42 Å². The largest absolute Gasteiger partial charge is 0.409 e. The summed E-state index contributed by atoms with van der Waals surface area (Å²) in [6.45, 7) is 3.94. The van der Waals surface area contributed by atoms with E-state index in [1.54, 1.807) is 0 Å². The molecular formula is C14H21N3O2. The predicted octanol–water partition coefficient (Wildman–Crippen LogP) is 1.57. The third-order valence-electron chi connectivity index (χ3n) is 2.89. The Balaban J connectivity index is 2.54. The second-order valence-electron chi connectivity index (χ2n) is 4.63. The van der Waals surface area contributed by atoms with Gasteiger partial charge in [0, 0.05) is 12.5 Å². The van der Waals surface area contributed by atoms with Crippen LogP contribution in [0, 0.1) is 6.92 Å². The lowest BCUT2D eigenvalue weighted by Gasteiger charge is -2.16. The molecule has 0 aliphatic carbocycles. The maximum atomic E-state index is 11.9. The highest BCUT2D eigenvalue weighted by molar-refractivity contribution is 5.82. The van der Waals surface area contributed by atoms with Crippen LogP contribution in [0.1, 0.15) is 30.9 Å². The lowest BCUT2D eigenvalue weighted by Crippen LogP contribution is -2.38. The summed E-state index contributed by atoms with van der Waals surface area (Å²) in [6, 6.07) is 7.75. The Hall–Kier alpha value is -2.04. The molecule has 0 saturated carbocycles. The minimum Gasteiger partial charge on any atom is -0.409 e. The van der Waals surface area contributed by atoms with Crippen molar-refractivity contribution in [2.24, 2.45) is 10.9 Å². The molecule has 1 unspecified atom stereocenters. The van der Waals surface area contributed by atoms with Crippen LogP contribution in [0.4, 0.5) is 0 Å². The summed E-state index contributed by atoms with van der Waals surface area (Å²) >= 11 is 0. The van der Waals surface area contributed by atoms with E-state index in [1.807, 2.05) is 38.1 Å². The van der Waals surface area contributed by atoms with E-state index in [9.17, 15) is 4.79 Å². The summed E-state index contributed by atoms with van der Waals surface area (Å²) in [4.78, 5) is 11.9. The number of carbonyl (C=O) groups is 1. The first kappa shape index (κ1) is 15.0. The summed E-state index contributed by atoms with van der Waals surface area (Å²) in [7, 11) is 0. The average Bonchev–Trinajstić information content (AvgIpc) is 2.37. The molecule has 1 atom stereocenters. The van der Waals surface area contributed by atoms with Crippen LogP contribution < -0.4 is 11.1 Å². The second-order valence-corrected chi connectivity index (χ2v) is 4.63. The standard InChI is InChI=1S/C14H21N3O2/c1-3-12(9-13(15)17-19)16-14(18)8-11-6-4-5-10(2)7-11/h4-7,12,19H,3,8-9H2,1-2H3,(H2,15,17)(H,16,18). The molecule has 1 aromatic rings. The molecule has 0 heterocycles. The highest BCUT2D eigenvalue weighted by Crippen LogP contribution is 2.05. The van der Waals surface area contributed by atoms with Crippen LogP contribution in [0.5, 0.6) is 0 Å². The molecule has 0 aliphatic heterocycles. The Morgan fingerprint density at radius 1 is 1.53 bits per heavy atom. The van der Waals surface area contributed by atoms with Gasteiger partial charge in [0.25, 0.3) is 0 Å². The zero-order valence-corrected chi connectivity index (χ0v) is 11.4. The van der Waals surface area contributed by atoms with E-state index < -0.39 is 0 Å². The van der Waals surface area contributed by atoms with Crippen LogP contribution in [0.3, 0.4) is 0 Å². The molecule has 0 aromatic heterocycles. The molecule has 0 fully saturated rings. The van der Waals surface area contributed by atoms with Crippen molar-refractivity contribution in [3.05, 3.63) is 35.4 Å². The van der Waals surface area contributed by atoms with Crippen LogP contribution >= 0.6 is 0 Å². The molecule has 19 heavy (non-hydrogen) atoms. The smallest absolute Gasteiger partial charge is 0.224 e. The van der Waals surface area contributed by atoms with Crippen LogP contribution in [-0.2, 0) is 11.2 Å². The zero-order valence-electron chi connectivity index (χ0n) is 11.4. The van der Waals surface area contributed by atoms with Crippen molar-refractivity contribution in [1.82, 2.24) is 5.32 Å². The number of nitrogens with one attached hydrogen (secondary N) is 1. The van der Waals surface area contributed by atoms with Crippen molar-refractivity contribution in [3.63, 3.8) is 0 Å². The maximum absolute atomic E-state index is 11.9. The molecule has 4 N–H and O–H groups in total. The lowest BCUT2D eigenvalue weighted by molar-refractivity contribution is -0.121. The SMILES string of the molecule is CCC(CC(N)=NO)NC(=O)Cc1cccc(C)c1. The molecule has 104 valence electrons. The maximum Gasteiger partial charge on any atom is 0.224 e. The van der Waals surface area contributed by atoms with Gasteiger partial charge in [0.2, 0.25) is 5.91 Å². The third-order valence-corrected chi connectivity index (χ3v) is 2.89. The van der Waals surface area contributed by atoms with Crippen LogP contribution in [0.15, 0.2) is 29.4 Å². The minimum atomic E-state index is -0.104. The zero-order chi connectivity index (χ0) is 14.3. The van der Waals surface area contributed by atoms with E-state index in [0.29, 0.717) is 12.8 Å². The summed E-state index contributed by atoms with van der Waals surface area (Å²) in [6.07, 6.45) is 1.43. The number of rotatable bonds is 6. The number of carbonyl (C=O) groups excluding carboxylic acids is 1. The molecule has 0 aliphatic rings. The van der Waals surface area contributed by atoms with Crippen molar-refractivity contribution in [2.75, 3.05) is 0 Å². The number of hydrogen-bond donors (Lipinski definition) is 3. The van der Waals surface area contributed by atoms with Crippen molar-refractivity contribution in [2.45, 2.75) is 39.2 Å². The number of nitrogens with zero attached hydrogens (tertiary/aromatic N) is 1. The molecule has 0 radical (unpaired) electrons. The fourth-order valence-electron chi connectivity index (χ4n) is 1.88. The number of hydrogen-bond acceptors (Lipinski definition) is 3. The van der Waals surface area contributed by atoms with Gasteiger partial charge in [-0.1, -0.05) is 41.9 Å². The summed E-state index contributed by atoms with van der Waals surface area (Å²) in [5, 5.41) is 14.3. The first-order chi connectivity index (χ1) is 9.05. The normalized spacial score (nSPS) is 13.1. The first-order valence-electron chi connectivity index (χ1n) is 6.36. The summed E-state index contributed by atoms with van der Waals surface area (Å²) in [5.41, 5.74) is 7.56. The van der Waals surface area contributed by atoms with Gasteiger partial charge < -0.3 is 16.3 Å². The molecule has 1 amide bonds. The first-order valence-corrected chi connectivity index (χ1v) is 6.36. The predicted molar refractivity (Wildman–Crippen MR) is 75.1 cm³/mol. The van der Waals surface area contributed by atoms with Gasteiger partial charge in [-0.2, -0.15) is 0 Å². The molecule has 5 heteroatoms. The van der Waals surface area contributed by atoms with E-state index in [2.05, 4.69) is 10.5 Å². The molecule has 0 spiro atoms. The average molecular weight is 263 g/mol. The Morgan fingerprint density at radius 2 is 2.26 bits per heavy atom. The Morgan fingerprint density at radius 3 is 2.84 bits per heavy atom.